The van der Waals surface area contributed by atoms with E-state index in [0.717, 1.165) is 38.4 Å². The number of carbonyl (C=O) groups excluding carboxylic acids is 1. The molecule has 1 unspecified atom stereocenters. The van der Waals surface area contributed by atoms with Crippen molar-refractivity contribution in [2.75, 3.05) is 40.3 Å². The minimum absolute atomic E-state index is 0.0219. The van der Waals surface area contributed by atoms with Crippen LogP contribution in [0, 0.1) is 0 Å². The number of nitrogens with zero attached hydrogens (tertiary/aromatic N) is 3. The van der Waals surface area contributed by atoms with E-state index in [-0.39, 0.29) is 5.91 Å². The highest BCUT2D eigenvalue weighted by molar-refractivity contribution is 5.91. The summed E-state index contributed by atoms with van der Waals surface area (Å²) in [4.78, 5) is 19.3. The van der Waals surface area contributed by atoms with Gasteiger partial charge in [0.25, 0.3) is 5.91 Å². The summed E-state index contributed by atoms with van der Waals surface area (Å²) >= 11 is 0. The Labute approximate surface area is 161 Å². The molecule has 2 aromatic rings. The number of aryl methyl sites for hydroxylation is 1. The Bertz CT molecular complexity index is 790. The van der Waals surface area contributed by atoms with Crippen molar-refractivity contribution in [3.63, 3.8) is 0 Å². The molecule has 0 spiro atoms. The van der Waals surface area contributed by atoms with E-state index >= 15 is 0 Å². The standard InChI is InChI=1S/C22H29N3O2/c1-23(2)16-20-9-10-21(27-20)22(26)25-13-11-24(12-14-25)19-8-7-17-5-3-4-6-18(17)15-19/h3-6,9-10,19H,7-8,11-16H2,1-2H3. The van der Waals surface area contributed by atoms with Gasteiger partial charge < -0.3 is 14.2 Å². The number of fused-ring (bicyclic) bond motifs is 1. The van der Waals surface area contributed by atoms with Crippen molar-refractivity contribution in [1.29, 1.82) is 0 Å². The number of piperazine rings is 1. The minimum atomic E-state index is 0.0219. The Morgan fingerprint density at radius 2 is 1.81 bits per heavy atom. The number of hydrogen-bond acceptors (Lipinski definition) is 4. The molecule has 0 radical (unpaired) electrons. The highest BCUT2D eigenvalue weighted by Crippen LogP contribution is 2.25. The maximum absolute atomic E-state index is 12.7. The molecule has 27 heavy (non-hydrogen) atoms. The predicted octanol–water partition coefficient (Wildman–Crippen LogP) is 2.66. The van der Waals surface area contributed by atoms with Crippen LogP contribution in [0.15, 0.2) is 40.8 Å². The van der Waals surface area contributed by atoms with E-state index in [1.54, 1.807) is 0 Å². The lowest BCUT2D eigenvalue weighted by Crippen LogP contribution is -2.53. The molecule has 2 heterocycles. The number of amides is 1. The molecule has 5 heteroatoms. The molecule has 1 amide bonds. The molecule has 1 aliphatic heterocycles. The quantitative estimate of drug-likeness (QED) is 0.833. The molecule has 5 nitrogen and oxygen atoms in total. The van der Waals surface area contributed by atoms with Gasteiger partial charge in [-0.1, -0.05) is 24.3 Å². The lowest BCUT2D eigenvalue weighted by molar-refractivity contribution is 0.0523. The van der Waals surface area contributed by atoms with E-state index in [9.17, 15) is 4.79 Å². The van der Waals surface area contributed by atoms with Gasteiger partial charge in [0, 0.05) is 32.2 Å². The minimum Gasteiger partial charge on any atom is -0.455 e. The van der Waals surface area contributed by atoms with Crippen molar-refractivity contribution in [2.24, 2.45) is 0 Å². The molecule has 1 atom stereocenters. The number of hydrogen-bond donors (Lipinski definition) is 0. The van der Waals surface area contributed by atoms with Crippen LogP contribution in [0.3, 0.4) is 0 Å². The number of rotatable bonds is 4. The van der Waals surface area contributed by atoms with Crippen LogP contribution >= 0.6 is 0 Å². The van der Waals surface area contributed by atoms with Crippen molar-refractivity contribution in [1.82, 2.24) is 14.7 Å². The molecule has 2 aliphatic rings. The summed E-state index contributed by atoms with van der Waals surface area (Å²) in [7, 11) is 3.99. The molecule has 144 valence electrons. The Morgan fingerprint density at radius 3 is 2.56 bits per heavy atom. The normalized spacial score (nSPS) is 20.7. The van der Waals surface area contributed by atoms with Gasteiger partial charge in [0.2, 0.25) is 0 Å². The van der Waals surface area contributed by atoms with Gasteiger partial charge in [-0.25, -0.2) is 0 Å². The second-order valence-corrected chi connectivity index (χ2v) is 8.00. The van der Waals surface area contributed by atoms with Crippen molar-refractivity contribution >= 4 is 5.91 Å². The Kier molecular flexibility index (Phi) is 5.32. The highest BCUT2D eigenvalue weighted by Gasteiger charge is 2.29. The lowest BCUT2D eigenvalue weighted by atomic mass is 9.87. The molecular formula is C22H29N3O2. The van der Waals surface area contributed by atoms with Crippen molar-refractivity contribution < 1.29 is 9.21 Å². The van der Waals surface area contributed by atoms with Crippen LogP contribution in [0.25, 0.3) is 0 Å². The van der Waals surface area contributed by atoms with Crippen LogP contribution in [-0.4, -0.2) is 66.9 Å². The average Bonchev–Trinajstić information content (AvgIpc) is 3.15. The van der Waals surface area contributed by atoms with E-state index in [1.807, 2.05) is 36.0 Å². The van der Waals surface area contributed by atoms with Crippen molar-refractivity contribution in [3.8, 4) is 0 Å². The zero-order chi connectivity index (χ0) is 18.8. The molecule has 1 fully saturated rings. The van der Waals surface area contributed by atoms with Crippen molar-refractivity contribution in [3.05, 3.63) is 59.0 Å². The van der Waals surface area contributed by atoms with E-state index < -0.39 is 0 Å². The van der Waals surface area contributed by atoms with Gasteiger partial charge >= 0.3 is 0 Å². The van der Waals surface area contributed by atoms with Gasteiger partial charge in [-0.15, -0.1) is 0 Å². The Morgan fingerprint density at radius 1 is 1.07 bits per heavy atom. The molecule has 0 N–H and O–H groups in total. The first kappa shape index (κ1) is 18.3. The monoisotopic (exact) mass is 367 g/mol. The van der Waals surface area contributed by atoms with Gasteiger partial charge in [0.15, 0.2) is 5.76 Å². The number of benzene rings is 1. The summed E-state index contributed by atoms with van der Waals surface area (Å²) in [6.07, 6.45) is 3.52. The summed E-state index contributed by atoms with van der Waals surface area (Å²) in [5.74, 6) is 1.32. The molecule has 0 bridgehead atoms. The van der Waals surface area contributed by atoms with Gasteiger partial charge in [0.1, 0.15) is 5.76 Å². The third-order valence-electron chi connectivity index (χ3n) is 5.78. The SMILES string of the molecule is CN(C)Cc1ccc(C(=O)N2CCN(C3CCc4ccccc4C3)CC2)o1. The van der Waals surface area contributed by atoms with E-state index in [4.69, 9.17) is 4.42 Å². The fraction of sp³-hybridized carbons (Fsp3) is 0.500. The van der Waals surface area contributed by atoms with Gasteiger partial charge in [0.05, 0.1) is 6.54 Å². The predicted molar refractivity (Wildman–Crippen MR) is 106 cm³/mol. The average molecular weight is 367 g/mol. The maximum Gasteiger partial charge on any atom is 0.289 e. The molecule has 4 rings (SSSR count). The van der Waals surface area contributed by atoms with Crippen LogP contribution in [0.2, 0.25) is 0 Å². The molecule has 1 aromatic carbocycles. The third kappa shape index (κ3) is 4.09. The summed E-state index contributed by atoms with van der Waals surface area (Å²) in [5.41, 5.74) is 3.00. The maximum atomic E-state index is 12.7. The molecule has 1 saturated heterocycles. The lowest BCUT2D eigenvalue weighted by Gasteiger charge is -2.40. The fourth-order valence-electron chi connectivity index (χ4n) is 4.33. The number of carbonyl (C=O) groups is 1. The van der Waals surface area contributed by atoms with Crippen LogP contribution in [0.1, 0.15) is 33.9 Å². The second kappa shape index (κ2) is 7.87. The van der Waals surface area contributed by atoms with Crippen LogP contribution in [-0.2, 0) is 19.4 Å². The first-order valence-electron chi connectivity index (χ1n) is 9.93. The summed E-state index contributed by atoms with van der Waals surface area (Å²) in [6, 6.07) is 13.1. The van der Waals surface area contributed by atoms with E-state index in [2.05, 4.69) is 29.2 Å². The Hall–Kier alpha value is -2.11. The molecule has 1 aliphatic carbocycles. The van der Waals surface area contributed by atoms with Crippen LogP contribution in [0.4, 0.5) is 0 Å². The summed E-state index contributed by atoms with van der Waals surface area (Å²) in [6.45, 7) is 4.17. The molecule has 1 aromatic heterocycles. The van der Waals surface area contributed by atoms with Gasteiger partial charge in [-0.3, -0.25) is 9.69 Å². The van der Waals surface area contributed by atoms with E-state index in [0.29, 0.717) is 18.3 Å². The van der Waals surface area contributed by atoms with Crippen LogP contribution < -0.4 is 0 Å². The fourth-order valence-corrected chi connectivity index (χ4v) is 4.33. The topological polar surface area (TPSA) is 39.9 Å². The first-order chi connectivity index (χ1) is 13.1. The smallest absolute Gasteiger partial charge is 0.289 e. The third-order valence-corrected chi connectivity index (χ3v) is 5.78. The zero-order valence-corrected chi connectivity index (χ0v) is 16.4. The number of furan rings is 1. The largest absolute Gasteiger partial charge is 0.455 e. The first-order valence-corrected chi connectivity index (χ1v) is 9.93. The zero-order valence-electron chi connectivity index (χ0n) is 16.4. The summed E-state index contributed by atoms with van der Waals surface area (Å²) in [5, 5.41) is 0. The van der Waals surface area contributed by atoms with Gasteiger partial charge in [-0.2, -0.15) is 0 Å². The van der Waals surface area contributed by atoms with Crippen LogP contribution in [0.5, 0.6) is 0 Å². The van der Waals surface area contributed by atoms with E-state index in [1.165, 1.54) is 24.0 Å². The second-order valence-electron chi connectivity index (χ2n) is 8.00. The molecule has 0 saturated carbocycles. The van der Waals surface area contributed by atoms with Crippen molar-refractivity contribution in [2.45, 2.75) is 31.8 Å². The highest BCUT2D eigenvalue weighted by atomic mass is 16.4. The summed E-state index contributed by atoms with van der Waals surface area (Å²) < 4.78 is 5.75. The molecular weight excluding hydrogens is 338 g/mol. The van der Waals surface area contributed by atoms with Gasteiger partial charge in [-0.05, 0) is 56.6 Å². The Balaban J connectivity index is 1.32.